The molecule has 0 saturated heterocycles. The van der Waals surface area contributed by atoms with Gasteiger partial charge in [0.1, 0.15) is 0 Å². The zero-order chi connectivity index (χ0) is 12.3. The van der Waals surface area contributed by atoms with Crippen LogP contribution in [0.1, 0.15) is 43.0 Å². The van der Waals surface area contributed by atoms with Crippen molar-refractivity contribution >= 4 is 0 Å². The molecule has 0 aliphatic heterocycles. The first-order valence-corrected chi connectivity index (χ1v) is 6.45. The second-order valence-electron chi connectivity index (χ2n) is 5.04. The smallest absolute Gasteiger partial charge is 0.0666 e. The number of nitrogens with zero attached hydrogens (tertiary/aromatic N) is 1. The molecule has 1 aliphatic carbocycles. The van der Waals surface area contributed by atoms with E-state index >= 15 is 0 Å². The third kappa shape index (κ3) is 2.87. The van der Waals surface area contributed by atoms with Crippen molar-refractivity contribution < 1.29 is 0 Å². The van der Waals surface area contributed by atoms with Crippen LogP contribution in [0.5, 0.6) is 0 Å². The lowest BCUT2D eigenvalue weighted by Gasteiger charge is -2.16. The molecule has 2 heteroatoms. The summed E-state index contributed by atoms with van der Waals surface area (Å²) in [6, 6.07) is 9.40. The minimum absolute atomic E-state index is 0.0758. The lowest BCUT2D eigenvalue weighted by Crippen LogP contribution is -2.23. The topological polar surface area (TPSA) is 35.8 Å². The number of rotatable bonds is 4. The maximum atomic E-state index is 8.76. The molecule has 1 N–H and O–H groups in total. The molecule has 0 aromatic heterocycles. The number of fused-ring (bicyclic) bond motifs is 1. The number of aryl methyl sites for hydroxylation is 2. The Morgan fingerprint density at radius 3 is 2.82 bits per heavy atom. The highest BCUT2D eigenvalue weighted by Crippen LogP contribution is 2.25. The van der Waals surface area contributed by atoms with Crippen LogP contribution in [0.4, 0.5) is 0 Å². The molecule has 0 radical (unpaired) electrons. The van der Waals surface area contributed by atoms with Gasteiger partial charge >= 0.3 is 0 Å². The fraction of sp³-hybridized carbons (Fsp3) is 0.533. The van der Waals surface area contributed by atoms with Gasteiger partial charge in [0.25, 0.3) is 0 Å². The SMILES string of the molecule is CC(C#N)CNC(C)c1ccc2c(c1)CCC2. The largest absolute Gasteiger partial charge is 0.309 e. The van der Waals surface area contributed by atoms with Gasteiger partial charge in [-0.1, -0.05) is 18.2 Å². The highest BCUT2D eigenvalue weighted by Gasteiger charge is 2.13. The Morgan fingerprint density at radius 2 is 2.06 bits per heavy atom. The van der Waals surface area contributed by atoms with Gasteiger partial charge in [-0.3, -0.25) is 0 Å². The first-order valence-electron chi connectivity index (χ1n) is 6.45. The fourth-order valence-corrected chi connectivity index (χ4v) is 2.38. The van der Waals surface area contributed by atoms with Crippen LogP contribution in [-0.2, 0) is 12.8 Å². The number of hydrogen-bond donors (Lipinski definition) is 1. The van der Waals surface area contributed by atoms with Gasteiger partial charge in [-0.05, 0) is 49.8 Å². The third-order valence-corrected chi connectivity index (χ3v) is 3.57. The molecule has 0 spiro atoms. The van der Waals surface area contributed by atoms with Gasteiger partial charge in [0.05, 0.1) is 12.0 Å². The van der Waals surface area contributed by atoms with Crippen LogP contribution in [0, 0.1) is 17.2 Å². The molecule has 1 aromatic carbocycles. The summed E-state index contributed by atoms with van der Waals surface area (Å²) in [5.41, 5.74) is 4.38. The van der Waals surface area contributed by atoms with E-state index in [0.29, 0.717) is 6.04 Å². The molecular formula is C15H20N2. The zero-order valence-corrected chi connectivity index (χ0v) is 10.7. The maximum absolute atomic E-state index is 8.76. The van der Waals surface area contributed by atoms with Crippen molar-refractivity contribution in [1.82, 2.24) is 5.32 Å². The normalized spacial score (nSPS) is 17.2. The Kier molecular flexibility index (Phi) is 3.81. The number of nitriles is 1. The molecule has 2 unspecified atom stereocenters. The van der Waals surface area contributed by atoms with Crippen LogP contribution in [0.25, 0.3) is 0 Å². The van der Waals surface area contributed by atoms with E-state index in [-0.39, 0.29) is 5.92 Å². The molecule has 0 bridgehead atoms. The van der Waals surface area contributed by atoms with Crippen molar-refractivity contribution in [3.63, 3.8) is 0 Å². The summed E-state index contributed by atoms with van der Waals surface area (Å²) in [5, 5.41) is 12.2. The lowest BCUT2D eigenvalue weighted by molar-refractivity contribution is 0.527. The Bertz CT molecular complexity index is 431. The summed E-state index contributed by atoms with van der Waals surface area (Å²) in [6.45, 7) is 4.87. The fourth-order valence-electron chi connectivity index (χ4n) is 2.38. The molecule has 17 heavy (non-hydrogen) atoms. The standard InChI is InChI=1S/C15H20N2/c1-11(9-16)10-17-12(2)14-7-6-13-4-3-5-15(13)8-14/h6-8,11-12,17H,3-5,10H2,1-2H3. The third-order valence-electron chi connectivity index (χ3n) is 3.57. The monoisotopic (exact) mass is 228 g/mol. The van der Waals surface area contributed by atoms with E-state index in [0.717, 1.165) is 6.54 Å². The highest BCUT2D eigenvalue weighted by molar-refractivity contribution is 5.36. The van der Waals surface area contributed by atoms with Gasteiger partial charge in [0, 0.05) is 12.6 Å². The molecule has 0 heterocycles. The Balaban J connectivity index is 2.00. The van der Waals surface area contributed by atoms with Crippen molar-refractivity contribution in [2.75, 3.05) is 6.54 Å². The number of benzene rings is 1. The van der Waals surface area contributed by atoms with E-state index in [1.54, 1.807) is 0 Å². The minimum atomic E-state index is 0.0758. The molecule has 2 nitrogen and oxygen atoms in total. The van der Waals surface area contributed by atoms with Gasteiger partial charge < -0.3 is 5.32 Å². The molecule has 90 valence electrons. The second-order valence-corrected chi connectivity index (χ2v) is 5.04. The van der Waals surface area contributed by atoms with Gasteiger partial charge in [0.15, 0.2) is 0 Å². The Morgan fingerprint density at radius 1 is 1.29 bits per heavy atom. The highest BCUT2D eigenvalue weighted by atomic mass is 14.9. The van der Waals surface area contributed by atoms with Gasteiger partial charge in [-0.2, -0.15) is 5.26 Å². The van der Waals surface area contributed by atoms with E-state index in [4.69, 9.17) is 5.26 Å². The van der Waals surface area contributed by atoms with Crippen molar-refractivity contribution in [3.8, 4) is 6.07 Å². The average Bonchev–Trinajstić information content (AvgIpc) is 2.82. The molecule has 0 fully saturated rings. The summed E-state index contributed by atoms with van der Waals surface area (Å²) >= 11 is 0. The van der Waals surface area contributed by atoms with Crippen LogP contribution < -0.4 is 5.32 Å². The molecular weight excluding hydrogens is 208 g/mol. The number of hydrogen-bond acceptors (Lipinski definition) is 2. The Labute approximate surface area is 104 Å². The first-order chi connectivity index (χ1) is 8.20. The van der Waals surface area contributed by atoms with E-state index in [1.165, 1.54) is 36.0 Å². The van der Waals surface area contributed by atoms with Crippen molar-refractivity contribution in [2.45, 2.75) is 39.2 Å². The summed E-state index contributed by atoms with van der Waals surface area (Å²) in [4.78, 5) is 0. The van der Waals surface area contributed by atoms with Crippen LogP contribution >= 0.6 is 0 Å². The lowest BCUT2D eigenvalue weighted by atomic mass is 10.0. The number of nitrogens with one attached hydrogen (secondary N) is 1. The van der Waals surface area contributed by atoms with Gasteiger partial charge in [-0.15, -0.1) is 0 Å². The summed E-state index contributed by atoms with van der Waals surface area (Å²) in [5.74, 6) is 0.0758. The molecule has 2 atom stereocenters. The van der Waals surface area contributed by atoms with Gasteiger partial charge in [-0.25, -0.2) is 0 Å². The summed E-state index contributed by atoms with van der Waals surface area (Å²) in [7, 11) is 0. The van der Waals surface area contributed by atoms with Crippen LogP contribution in [-0.4, -0.2) is 6.54 Å². The summed E-state index contributed by atoms with van der Waals surface area (Å²) < 4.78 is 0. The second kappa shape index (κ2) is 5.33. The van der Waals surface area contributed by atoms with Crippen molar-refractivity contribution in [2.24, 2.45) is 5.92 Å². The van der Waals surface area contributed by atoms with E-state index < -0.39 is 0 Å². The van der Waals surface area contributed by atoms with E-state index in [1.807, 2.05) is 6.92 Å². The first kappa shape index (κ1) is 12.1. The molecule has 2 rings (SSSR count). The van der Waals surface area contributed by atoms with Crippen LogP contribution in [0.3, 0.4) is 0 Å². The van der Waals surface area contributed by atoms with Crippen LogP contribution in [0.2, 0.25) is 0 Å². The predicted molar refractivity (Wildman–Crippen MR) is 69.7 cm³/mol. The van der Waals surface area contributed by atoms with E-state index in [2.05, 4.69) is 36.5 Å². The molecule has 1 aromatic rings. The summed E-state index contributed by atoms with van der Waals surface area (Å²) in [6.07, 6.45) is 3.76. The van der Waals surface area contributed by atoms with Crippen molar-refractivity contribution in [3.05, 3.63) is 34.9 Å². The van der Waals surface area contributed by atoms with E-state index in [9.17, 15) is 0 Å². The molecule has 1 aliphatic rings. The average molecular weight is 228 g/mol. The molecule has 0 amide bonds. The quantitative estimate of drug-likeness (QED) is 0.860. The van der Waals surface area contributed by atoms with Crippen molar-refractivity contribution in [1.29, 1.82) is 5.26 Å². The maximum Gasteiger partial charge on any atom is 0.0666 e. The Hall–Kier alpha value is -1.33. The van der Waals surface area contributed by atoms with Gasteiger partial charge in [0.2, 0.25) is 0 Å². The molecule has 0 saturated carbocycles. The zero-order valence-electron chi connectivity index (χ0n) is 10.7. The predicted octanol–water partition coefficient (Wildman–Crippen LogP) is 2.99. The van der Waals surface area contributed by atoms with Crippen LogP contribution in [0.15, 0.2) is 18.2 Å². The minimum Gasteiger partial charge on any atom is -0.309 e.